The van der Waals surface area contributed by atoms with E-state index < -0.39 is 0 Å². The standard InChI is InChI=1S/C20H28N4O.HI/c1-5-25-19-9-7-6-8-17(19)15-23-20(21-2)22-14-16-10-12-18(13-11-16)24(3)4;/h6-13H,5,14-15H2,1-4H3,(H2,21,22,23);1H. The van der Waals surface area contributed by atoms with Crippen LogP contribution in [0.3, 0.4) is 0 Å². The first kappa shape index (κ1) is 22.1. The molecule has 0 aliphatic carbocycles. The van der Waals surface area contributed by atoms with Gasteiger partial charge in [0, 0.05) is 45.5 Å². The van der Waals surface area contributed by atoms with Crippen molar-refractivity contribution in [1.29, 1.82) is 0 Å². The van der Waals surface area contributed by atoms with Crippen molar-refractivity contribution in [2.24, 2.45) is 4.99 Å². The van der Waals surface area contributed by atoms with E-state index in [1.165, 1.54) is 11.3 Å². The van der Waals surface area contributed by atoms with E-state index in [4.69, 9.17) is 4.74 Å². The van der Waals surface area contributed by atoms with Crippen LogP contribution in [0.5, 0.6) is 5.75 Å². The van der Waals surface area contributed by atoms with E-state index in [0.717, 1.165) is 23.8 Å². The number of hydrogen-bond acceptors (Lipinski definition) is 3. The van der Waals surface area contributed by atoms with Crippen molar-refractivity contribution >= 4 is 35.6 Å². The van der Waals surface area contributed by atoms with E-state index >= 15 is 0 Å². The van der Waals surface area contributed by atoms with E-state index in [1.807, 2.05) is 39.2 Å². The zero-order valence-corrected chi connectivity index (χ0v) is 18.3. The molecule has 142 valence electrons. The molecular weight excluding hydrogens is 439 g/mol. The SMILES string of the molecule is CCOc1ccccc1CNC(=NC)NCc1ccc(N(C)C)cc1.I. The van der Waals surface area contributed by atoms with Gasteiger partial charge in [-0.15, -0.1) is 24.0 Å². The number of aliphatic imine (C=N–C) groups is 1. The quantitative estimate of drug-likeness (QED) is 0.370. The monoisotopic (exact) mass is 468 g/mol. The first-order chi connectivity index (χ1) is 12.1. The highest BCUT2D eigenvalue weighted by Crippen LogP contribution is 2.17. The van der Waals surface area contributed by atoms with E-state index in [-0.39, 0.29) is 24.0 Å². The predicted molar refractivity (Wildman–Crippen MR) is 121 cm³/mol. The maximum Gasteiger partial charge on any atom is 0.191 e. The molecule has 5 nitrogen and oxygen atoms in total. The number of para-hydroxylation sites is 1. The highest BCUT2D eigenvalue weighted by molar-refractivity contribution is 14.0. The normalized spacial score (nSPS) is 10.7. The molecule has 0 aliphatic heterocycles. The van der Waals surface area contributed by atoms with Crippen molar-refractivity contribution in [2.75, 3.05) is 32.6 Å². The number of benzene rings is 2. The van der Waals surface area contributed by atoms with Crippen LogP contribution in [0.25, 0.3) is 0 Å². The summed E-state index contributed by atoms with van der Waals surface area (Å²) >= 11 is 0. The van der Waals surface area contributed by atoms with Gasteiger partial charge >= 0.3 is 0 Å². The molecule has 0 amide bonds. The number of rotatable bonds is 7. The molecule has 0 unspecified atom stereocenters. The minimum atomic E-state index is 0. The van der Waals surface area contributed by atoms with Gasteiger partial charge in [-0.3, -0.25) is 4.99 Å². The largest absolute Gasteiger partial charge is 0.494 e. The van der Waals surface area contributed by atoms with Crippen LogP contribution in [0.4, 0.5) is 5.69 Å². The summed E-state index contributed by atoms with van der Waals surface area (Å²) in [5.41, 5.74) is 3.52. The van der Waals surface area contributed by atoms with E-state index in [2.05, 4.69) is 50.9 Å². The Morgan fingerprint density at radius 3 is 2.27 bits per heavy atom. The molecule has 2 aromatic carbocycles. The summed E-state index contributed by atoms with van der Waals surface area (Å²) in [6.07, 6.45) is 0. The first-order valence-corrected chi connectivity index (χ1v) is 8.55. The Hall–Kier alpha value is -1.96. The molecule has 0 aromatic heterocycles. The van der Waals surface area contributed by atoms with Crippen molar-refractivity contribution in [3.63, 3.8) is 0 Å². The molecular formula is C20H29IN4O. The summed E-state index contributed by atoms with van der Waals surface area (Å²) in [5.74, 6) is 1.68. The van der Waals surface area contributed by atoms with Gasteiger partial charge in [-0.25, -0.2) is 0 Å². The zero-order chi connectivity index (χ0) is 18.1. The molecule has 0 fully saturated rings. The van der Waals surface area contributed by atoms with Crippen LogP contribution in [0.2, 0.25) is 0 Å². The zero-order valence-electron chi connectivity index (χ0n) is 16.0. The molecule has 0 bridgehead atoms. The highest BCUT2D eigenvalue weighted by atomic mass is 127. The van der Waals surface area contributed by atoms with Crippen LogP contribution in [0.1, 0.15) is 18.1 Å². The van der Waals surface area contributed by atoms with Gasteiger partial charge in [0.15, 0.2) is 5.96 Å². The molecule has 0 saturated heterocycles. The molecule has 26 heavy (non-hydrogen) atoms. The third-order valence-corrected chi connectivity index (χ3v) is 3.86. The van der Waals surface area contributed by atoms with Gasteiger partial charge < -0.3 is 20.3 Å². The average molecular weight is 468 g/mol. The molecule has 6 heteroatoms. The van der Waals surface area contributed by atoms with Crippen molar-refractivity contribution in [1.82, 2.24) is 10.6 Å². The number of nitrogens with zero attached hydrogens (tertiary/aromatic N) is 2. The topological polar surface area (TPSA) is 48.9 Å². The minimum absolute atomic E-state index is 0. The Morgan fingerprint density at radius 2 is 1.65 bits per heavy atom. The Labute approximate surface area is 173 Å². The molecule has 2 rings (SSSR count). The highest BCUT2D eigenvalue weighted by Gasteiger charge is 2.04. The lowest BCUT2D eigenvalue weighted by atomic mass is 10.2. The maximum absolute atomic E-state index is 5.66. The predicted octanol–water partition coefficient (Wildman–Crippen LogP) is 3.63. The Kier molecular flexibility index (Phi) is 9.87. The number of nitrogens with one attached hydrogen (secondary N) is 2. The second-order valence-corrected chi connectivity index (χ2v) is 5.88. The van der Waals surface area contributed by atoms with Crippen molar-refractivity contribution in [3.05, 3.63) is 59.7 Å². The summed E-state index contributed by atoms with van der Waals surface area (Å²) in [6.45, 7) is 4.04. The molecule has 0 atom stereocenters. The number of ether oxygens (including phenoxy) is 1. The van der Waals surface area contributed by atoms with E-state index in [1.54, 1.807) is 7.05 Å². The number of guanidine groups is 1. The summed E-state index contributed by atoms with van der Waals surface area (Å²) in [5, 5.41) is 6.68. The minimum Gasteiger partial charge on any atom is -0.494 e. The van der Waals surface area contributed by atoms with Crippen LogP contribution in [0.15, 0.2) is 53.5 Å². The van der Waals surface area contributed by atoms with Gasteiger partial charge in [0.2, 0.25) is 0 Å². The molecule has 0 aliphatic rings. The summed E-state index contributed by atoms with van der Waals surface area (Å²) in [6, 6.07) is 16.5. The van der Waals surface area contributed by atoms with Crippen LogP contribution >= 0.6 is 24.0 Å². The summed E-state index contributed by atoms with van der Waals surface area (Å²) in [4.78, 5) is 6.38. The fourth-order valence-electron chi connectivity index (χ4n) is 2.44. The molecule has 0 spiro atoms. The molecule has 0 saturated carbocycles. The number of anilines is 1. The first-order valence-electron chi connectivity index (χ1n) is 8.55. The Morgan fingerprint density at radius 1 is 1.00 bits per heavy atom. The van der Waals surface area contributed by atoms with Crippen LogP contribution in [-0.4, -0.2) is 33.7 Å². The van der Waals surface area contributed by atoms with Crippen molar-refractivity contribution in [3.8, 4) is 5.75 Å². The third kappa shape index (κ3) is 6.74. The lowest BCUT2D eigenvalue weighted by Crippen LogP contribution is -2.36. The molecule has 2 N–H and O–H groups in total. The average Bonchev–Trinajstić information content (AvgIpc) is 2.63. The fourth-order valence-corrected chi connectivity index (χ4v) is 2.44. The fraction of sp³-hybridized carbons (Fsp3) is 0.350. The lowest BCUT2D eigenvalue weighted by Gasteiger charge is -2.15. The third-order valence-electron chi connectivity index (χ3n) is 3.86. The summed E-state index contributed by atoms with van der Waals surface area (Å²) in [7, 11) is 5.86. The van der Waals surface area contributed by atoms with Gasteiger partial charge in [0.25, 0.3) is 0 Å². The van der Waals surface area contributed by atoms with Crippen LogP contribution in [0, 0.1) is 0 Å². The maximum atomic E-state index is 5.66. The smallest absolute Gasteiger partial charge is 0.191 e. The molecule has 0 heterocycles. The number of halogens is 1. The second kappa shape index (κ2) is 11.6. The van der Waals surface area contributed by atoms with E-state index in [0.29, 0.717) is 13.2 Å². The van der Waals surface area contributed by atoms with Crippen molar-refractivity contribution < 1.29 is 4.74 Å². The van der Waals surface area contributed by atoms with Gasteiger partial charge in [-0.2, -0.15) is 0 Å². The van der Waals surface area contributed by atoms with Gasteiger partial charge in [0.05, 0.1) is 6.61 Å². The Bertz CT molecular complexity index is 686. The van der Waals surface area contributed by atoms with Crippen LogP contribution < -0.4 is 20.3 Å². The van der Waals surface area contributed by atoms with Crippen LogP contribution in [-0.2, 0) is 13.1 Å². The molecule has 2 aromatic rings. The number of hydrogen-bond donors (Lipinski definition) is 2. The Balaban J connectivity index is 0.00000338. The van der Waals surface area contributed by atoms with Gasteiger partial charge in [0.1, 0.15) is 5.75 Å². The van der Waals surface area contributed by atoms with E-state index in [9.17, 15) is 0 Å². The van der Waals surface area contributed by atoms with Crippen molar-refractivity contribution in [2.45, 2.75) is 20.0 Å². The second-order valence-electron chi connectivity index (χ2n) is 5.88. The van der Waals surface area contributed by atoms with Gasteiger partial charge in [-0.1, -0.05) is 30.3 Å². The molecule has 0 radical (unpaired) electrons. The van der Waals surface area contributed by atoms with Gasteiger partial charge in [-0.05, 0) is 30.7 Å². The lowest BCUT2D eigenvalue weighted by molar-refractivity contribution is 0.336. The summed E-state index contributed by atoms with van der Waals surface area (Å²) < 4.78 is 5.66.